The van der Waals surface area contributed by atoms with Crippen LogP contribution in [0.4, 0.5) is 4.39 Å². The quantitative estimate of drug-likeness (QED) is 0.593. The summed E-state index contributed by atoms with van der Waals surface area (Å²) in [5.74, 6) is 0.509. The summed E-state index contributed by atoms with van der Waals surface area (Å²) in [6, 6.07) is 18.3. The van der Waals surface area contributed by atoms with Crippen molar-refractivity contribution in [3.63, 3.8) is 0 Å². The molecule has 0 aliphatic carbocycles. The van der Waals surface area contributed by atoms with Gasteiger partial charge in [0.2, 0.25) is 5.91 Å². The van der Waals surface area contributed by atoms with E-state index >= 15 is 0 Å². The zero-order valence-electron chi connectivity index (χ0n) is 17.3. The van der Waals surface area contributed by atoms with Gasteiger partial charge in [-0.2, -0.15) is 0 Å². The van der Waals surface area contributed by atoms with Crippen LogP contribution in [0.3, 0.4) is 0 Å². The van der Waals surface area contributed by atoms with Gasteiger partial charge < -0.3 is 9.64 Å². The summed E-state index contributed by atoms with van der Waals surface area (Å²) in [5, 5.41) is 0. The van der Waals surface area contributed by atoms with Gasteiger partial charge in [0.1, 0.15) is 11.6 Å². The van der Waals surface area contributed by atoms with E-state index in [-0.39, 0.29) is 24.2 Å². The zero-order valence-corrected chi connectivity index (χ0v) is 17.3. The van der Waals surface area contributed by atoms with E-state index in [1.54, 1.807) is 19.2 Å². The number of ether oxygens (including phenoxy) is 1. The predicted octanol–water partition coefficient (Wildman–Crippen LogP) is 5.11. The molecule has 1 aliphatic heterocycles. The van der Waals surface area contributed by atoms with Gasteiger partial charge in [-0.25, -0.2) is 4.39 Å². The number of hydrogen-bond acceptors (Lipinski definition) is 3. The molecule has 0 spiro atoms. The maximum atomic E-state index is 13.5. The third-order valence-electron chi connectivity index (χ3n) is 5.56. The molecule has 0 N–H and O–H groups in total. The van der Waals surface area contributed by atoms with Crippen LogP contribution in [0.2, 0.25) is 0 Å². The molecule has 3 aromatic rings. The molecule has 1 saturated heterocycles. The Bertz CT molecular complexity index is 1050. The minimum atomic E-state index is -0.317. The van der Waals surface area contributed by atoms with Crippen molar-refractivity contribution in [3.8, 4) is 16.9 Å². The fourth-order valence-corrected chi connectivity index (χ4v) is 4.11. The lowest BCUT2D eigenvalue weighted by Crippen LogP contribution is -2.32. The highest BCUT2D eigenvalue weighted by molar-refractivity contribution is 5.79. The first-order chi connectivity index (χ1) is 14.5. The molecule has 1 aromatic heterocycles. The molecule has 1 fully saturated rings. The van der Waals surface area contributed by atoms with Crippen LogP contribution in [-0.4, -0.2) is 29.4 Å². The van der Waals surface area contributed by atoms with Crippen LogP contribution in [-0.2, 0) is 11.2 Å². The molecule has 0 bridgehead atoms. The molecular formula is C25H25FN2O2. The summed E-state index contributed by atoms with van der Waals surface area (Å²) in [5.41, 5.74) is 4.68. The summed E-state index contributed by atoms with van der Waals surface area (Å²) in [6.45, 7) is 2.68. The van der Waals surface area contributed by atoms with Crippen molar-refractivity contribution in [2.45, 2.75) is 32.2 Å². The minimum absolute atomic E-state index is 0.0115. The van der Waals surface area contributed by atoms with E-state index in [1.807, 2.05) is 36.1 Å². The van der Waals surface area contributed by atoms with Gasteiger partial charge in [-0.05, 0) is 72.9 Å². The first kappa shape index (κ1) is 20.1. The standard InChI is InChI=1S/C25H25FN2O2/c1-17-13-20(19-8-10-22(30-2)11-9-19)16-23(27-17)24-7-4-12-28(24)25(29)15-18-5-3-6-21(26)14-18/h3,5-6,8-11,13-14,16,24H,4,7,12,15H2,1-2H3. The first-order valence-electron chi connectivity index (χ1n) is 10.2. The maximum Gasteiger partial charge on any atom is 0.227 e. The number of carbonyl (C=O) groups excluding carboxylic acids is 1. The van der Waals surface area contributed by atoms with E-state index in [0.29, 0.717) is 12.1 Å². The van der Waals surface area contributed by atoms with Gasteiger partial charge >= 0.3 is 0 Å². The number of nitrogens with zero attached hydrogens (tertiary/aromatic N) is 2. The molecule has 4 nitrogen and oxygen atoms in total. The topological polar surface area (TPSA) is 42.4 Å². The summed E-state index contributed by atoms with van der Waals surface area (Å²) >= 11 is 0. The van der Waals surface area contributed by atoms with Crippen LogP contribution in [0.5, 0.6) is 5.75 Å². The van der Waals surface area contributed by atoms with Crippen LogP contribution in [0.25, 0.3) is 11.1 Å². The molecule has 154 valence electrons. The highest BCUT2D eigenvalue weighted by Crippen LogP contribution is 2.34. The monoisotopic (exact) mass is 404 g/mol. The predicted molar refractivity (Wildman–Crippen MR) is 115 cm³/mol. The molecule has 5 heteroatoms. The fourth-order valence-electron chi connectivity index (χ4n) is 4.11. The third kappa shape index (κ3) is 4.35. The second-order valence-corrected chi connectivity index (χ2v) is 7.70. The van der Waals surface area contributed by atoms with E-state index in [1.165, 1.54) is 12.1 Å². The molecule has 0 saturated carbocycles. The van der Waals surface area contributed by atoms with Gasteiger partial charge in [0, 0.05) is 12.2 Å². The number of rotatable bonds is 5. The van der Waals surface area contributed by atoms with Crippen LogP contribution in [0.15, 0.2) is 60.7 Å². The Labute approximate surface area is 176 Å². The molecule has 2 heterocycles. The van der Waals surface area contributed by atoms with Gasteiger partial charge in [-0.15, -0.1) is 0 Å². The smallest absolute Gasteiger partial charge is 0.227 e. The van der Waals surface area contributed by atoms with Gasteiger partial charge in [-0.3, -0.25) is 9.78 Å². The number of hydrogen-bond donors (Lipinski definition) is 0. The summed E-state index contributed by atoms with van der Waals surface area (Å²) in [7, 11) is 1.65. The Morgan fingerprint density at radius 1 is 1.13 bits per heavy atom. The Balaban J connectivity index is 1.58. The average molecular weight is 404 g/mol. The average Bonchev–Trinajstić information content (AvgIpc) is 3.24. The molecule has 1 aliphatic rings. The number of carbonyl (C=O) groups is 1. The normalized spacial score (nSPS) is 16.0. The third-order valence-corrected chi connectivity index (χ3v) is 5.56. The maximum absolute atomic E-state index is 13.5. The Kier molecular flexibility index (Phi) is 5.79. The number of likely N-dealkylation sites (tertiary alicyclic amines) is 1. The van der Waals surface area contributed by atoms with Crippen molar-refractivity contribution >= 4 is 5.91 Å². The SMILES string of the molecule is COc1ccc(-c2cc(C)nc(C3CCCN3C(=O)Cc3cccc(F)c3)c2)cc1. The molecule has 30 heavy (non-hydrogen) atoms. The van der Waals surface area contributed by atoms with E-state index in [9.17, 15) is 9.18 Å². The Morgan fingerprint density at radius 3 is 2.67 bits per heavy atom. The summed E-state index contributed by atoms with van der Waals surface area (Å²) in [6.07, 6.45) is 2.02. The number of aromatic nitrogens is 1. The largest absolute Gasteiger partial charge is 0.497 e. The highest BCUT2D eigenvalue weighted by Gasteiger charge is 2.31. The van der Waals surface area contributed by atoms with Crippen molar-refractivity contribution in [1.82, 2.24) is 9.88 Å². The van der Waals surface area contributed by atoms with E-state index < -0.39 is 0 Å². The molecule has 1 unspecified atom stereocenters. The second-order valence-electron chi connectivity index (χ2n) is 7.70. The van der Waals surface area contributed by atoms with Crippen molar-refractivity contribution in [3.05, 3.63) is 83.4 Å². The number of methoxy groups -OCH3 is 1. The molecular weight excluding hydrogens is 379 g/mol. The van der Waals surface area contributed by atoms with Crippen molar-refractivity contribution in [2.75, 3.05) is 13.7 Å². The lowest BCUT2D eigenvalue weighted by Gasteiger charge is -2.25. The number of pyridine rings is 1. The Hall–Kier alpha value is -3.21. The van der Waals surface area contributed by atoms with E-state index in [2.05, 4.69) is 12.1 Å². The number of benzene rings is 2. The van der Waals surface area contributed by atoms with Crippen LogP contribution >= 0.6 is 0 Å². The lowest BCUT2D eigenvalue weighted by atomic mass is 10.0. The van der Waals surface area contributed by atoms with E-state index in [0.717, 1.165) is 41.1 Å². The minimum Gasteiger partial charge on any atom is -0.497 e. The van der Waals surface area contributed by atoms with Gasteiger partial charge in [0.25, 0.3) is 0 Å². The van der Waals surface area contributed by atoms with Gasteiger partial charge in [-0.1, -0.05) is 24.3 Å². The van der Waals surface area contributed by atoms with Gasteiger partial charge in [0.05, 0.1) is 25.3 Å². The molecule has 1 atom stereocenters. The first-order valence-corrected chi connectivity index (χ1v) is 10.2. The zero-order chi connectivity index (χ0) is 21.1. The molecule has 4 rings (SSSR count). The van der Waals surface area contributed by atoms with E-state index in [4.69, 9.17) is 9.72 Å². The molecule has 2 aromatic carbocycles. The number of halogens is 1. The number of amides is 1. The van der Waals surface area contributed by atoms with Crippen molar-refractivity contribution in [1.29, 1.82) is 0 Å². The van der Waals surface area contributed by atoms with Crippen molar-refractivity contribution < 1.29 is 13.9 Å². The Morgan fingerprint density at radius 2 is 1.93 bits per heavy atom. The van der Waals surface area contributed by atoms with Gasteiger partial charge in [0.15, 0.2) is 0 Å². The van der Waals surface area contributed by atoms with Crippen LogP contribution in [0, 0.1) is 12.7 Å². The lowest BCUT2D eigenvalue weighted by molar-refractivity contribution is -0.131. The summed E-state index contributed by atoms with van der Waals surface area (Å²) in [4.78, 5) is 19.6. The van der Waals surface area contributed by atoms with Crippen LogP contribution < -0.4 is 4.74 Å². The molecule has 1 amide bonds. The fraction of sp³-hybridized carbons (Fsp3) is 0.280. The van der Waals surface area contributed by atoms with Crippen LogP contribution in [0.1, 0.15) is 35.8 Å². The highest BCUT2D eigenvalue weighted by atomic mass is 19.1. The second kappa shape index (κ2) is 8.66. The molecule has 0 radical (unpaired) electrons. The number of aryl methyl sites for hydroxylation is 1. The van der Waals surface area contributed by atoms with Crippen molar-refractivity contribution in [2.24, 2.45) is 0 Å². The summed E-state index contributed by atoms with van der Waals surface area (Å²) < 4.78 is 18.7.